The van der Waals surface area contributed by atoms with E-state index in [1.165, 1.54) is 0 Å². The van der Waals surface area contributed by atoms with Crippen molar-refractivity contribution in [1.82, 2.24) is 4.90 Å². The summed E-state index contributed by atoms with van der Waals surface area (Å²) in [6, 6.07) is 8.76. The maximum atomic E-state index is 12.5. The van der Waals surface area contributed by atoms with Crippen LogP contribution in [0.3, 0.4) is 0 Å². The minimum Gasteiger partial charge on any atom is -0.493 e. The Hall–Kier alpha value is -3.22. The molecule has 0 fully saturated rings. The van der Waals surface area contributed by atoms with Crippen molar-refractivity contribution in [2.75, 3.05) is 33.1 Å². The second-order valence-electron chi connectivity index (χ2n) is 6.69. The Morgan fingerprint density at radius 2 is 1.75 bits per heavy atom. The van der Waals surface area contributed by atoms with Crippen LogP contribution in [0.5, 0.6) is 11.5 Å². The summed E-state index contributed by atoms with van der Waals surface area (Å²) in [5, 5.41) is 0. The number of ether oxygens (including phenoxy) is 3. The molecule has 0 spiro atoms. The lowest BCUT2D eigenvalue weighted by molar-refractivity contribution is -0.135. The average molecular weight is 384 g/mol. The van der Waals surface area contributed by atoms with Crippen molar-refractivity contribution in [3.63, 3.8) is 0 Å². The van der Waals surface area contributed by atoms with Crippen molar-refractivity contribution in [2.24, 2.45) is 0 Å². The number of carbonyl (C=O) groups excluding carboxylic acids is 2. The molecular formula is C21H24N2O5. The van der Waals surface area contributed by atoms with E-state index in [1.807, 2.05) is 19.1 Å². The third-order valence-corrected chi connectivity index (χ3v) is 4.91. The largest absolute Gasteiger partial charge is 0.493 e. The number of benzene rings is 2. The van der Waals surface area contributed by atoms with Gasteiger partial charge in [0.15, 0.2) is 18.1 Å². The Balaban J connectivity index is 1.63. The molecule has 0 unspecified atom stereocenters. The first-order chi connectivity index (χ1) is 13.4. The van der Waals surface area contributed by atoms with Gasteiger partial charge in [-0.3, -0.25) is 4.79 Å². The van der Waals surface area contributed by atoms with Gasteiger partial charge in [0.1, 0.15) is 0 Å². The summed E-state index contributed by atoms with van der Waals surface area (Å²) in [5.74, 6) is 0.490. The number of nitrogen functional groups attached to an aromatic ring is 1. The van der Waals surface area contributed by atoms with E-state index < -0.39 is 5.97 Å². The first-order valence-corrected chi connectivity index (χ1v) is 8.97. The summed E-state index contributed by atoms with van der Waals surface area (Å²) in [4.78, 5) is 26.4. The Labute approximate surface area is 164 Å². The Morgan fingerprint density at radius 1 is 1.07 bits per heavy atom. The summed E-state index contributed by atoms with van der Waals surface area (Å²) in [6.45, 7) is 2.53. The zero-order valence-electron chi connectivity index (χ0n) is 16.3. The topological polar surface area (TPSA) is 91.1 Å². The number of fused-ring (bicyclic) bond motifs is 1. The molecule has 1 aliphatic rings. The van der Waals surface area contributed by atoms with Gasteiger partial charge >= 0.3 is 5.97 Å². The first kappa shape index (κ1) is 19.5. The average Bonchev–Trinajstić information content (AvgIpc) is 2.72. The molecule has 28 heavy (non-hydrogen) atoms. The molecule has 3 rings (SSSR count). The first-order valence-electron chi connectivity index (χ1n) is 8.97. The predicted molar refractivity (Wildman–Crippen MR) is 105 cm³/mol. The van der Waals surface area contributed by atoms with Crippen LogP contribution in [0.25, 0.3) is 0 Å². The molecule has 0 atom stereocenters. The fourth-order valence-electron chi connectivity index (χ4n) is 3.17. The van der Waals surface area contributed by atoms with E-state index in [-0.39, 0.29) is 12.5 Å². The van der Waals surface area contributed by atoms with Crippen LogP contribution in [0.15, 0.2) is 30.3 Å². The monoisotopic (exact) mass is 384 g/mol. The normalized spacial score (nSPS) is 12.9. The van der Waals surface area contributed by atoms with E-state index in [4.69, 9.17) is 19.9 Å². The molecular weight excluding hydrogens is 360 g/mol. The van der Waals surface area contributed by atoms with Gasteiger partial charge in [0.05, 0.1) is 19.8 Å². The highest BCUT2D eigenvalue weighted by molar-refractivity contribution is 5.92. The van der Waals surface area contributed by atoms with Crippen molar-refractivity contribution in [3.8, 4) is 11.5 Å². The van der Waals surface area contributed by atoms with Crippen LogP contribution in [0.2, 0.25) is 0 Å². The molecule has 2 aromatic carbocycles. The third kappa shape index (κ3) is 4.03. The number of methoxy groups -OCH3 is 2. The van der Waals surface area contributed by atoms with E-state index in [1.54, 1.807) is 37.3 Å². The molecule has 2 N–H and O–H groups in total. The van der Waals surface area contributed by atoms with E-state index in [0.717, 1.165) is 16.7 Å². The number of hydrogen-bond acceptors (Lipinski definition) is 6. The lowest BCUT2D eigenvalue weighted by Gasteiger charge is -2.29. The molecule has 0 bridgehead atoms. The number of nitrogens with two attached hydrogens (primary N) is 1. The zero-order chi connectivity index (χ0) is 20.3. The second-order valence-corrected chi connectivity index (χ2v) is 6.69. The minimum atomic E-state index is -0.566. The van der Waals surface area contributed by atoms with Crippen LogP contribution in [0.4, 0.5) is 5.69 Å². The number of rotatable bonds is 5. The van der Waals surface area contributed by atoms with Crippen molar-refractivity contribution in [2.45, 2.75) is 19.9 Å². The van der Waals surface area contributed by atoms with Gasteiger partial charge in [0.2, 0.25) is 0 Å². The number of nitrogens with zero attached hydrogens (tertiary/aromatic N) is 1. The van der Waals surface area contributed by atoms with Crippen molar-refractivity contribution in [1.29, 1.82) is 0 Å². The molecule has 0 aliphatic carbocycles. The second kappa shape index (κ2) is 8.21. The molecule has 0 saturated carbocycles. The van der Waals surface area contributed by atoms with Gasteiger partial charge in [0.25, 0.3) is 5.91 Å². The van der Waals surface area contributed by atoms with Gasteiger partial charge < -0.3 is 24.8 Å². The SMILES string of the molecule is COc1cc2c(cc1OC)CN(C(=O)COC(=O)c1ccc(C)c(N)c1)CC2. The molecule has 1 heterocycles. The Kier molecular flexibility index (Phi) is 5.73. The maximum absolute atomic E-state index is 12.5. The quantitative estimate of drug-likeness (QED) is 0.628. The summed E-state index contributed by atoms with van der Waals surface area (Å²) < 4.78 is 15.8. The highest BCUT2D eigenvalue weighted by atomic mass is 16.5. The summed E-state index contributed by atoms with van der Waals surface area (Å²) in [6.07, 6.45) is 0.698. The van der Waals surface area contributed by atoms with E-state index in [0.29, 0.717) is 42.3 Å². The number of aryl methyl sites for hydroxylation is 1. The molecule has 148 valence electrons. The standard InChI is InChI=1S/C21H24N2O5/c1-13-4-5-15(8-17(13)22)21(25)28-12-20(24)23-7-6-14-9-18(26-2)19(27-3)10-16(14)11-23/h4-5,8-10H,6-7,11-12,22H2,1-3H3. The van der Waals surface area contributed by atoms with Crippen LogP contribution in [-0.4, -0.2) is 44.1 Å². The summed E-state index contributed by atoms with van der Waals surface area (Å²) in [7, 11) is 3.17. The molecule has 1 amide bonds. The lowest BCUT2D eigenvalue weighted by atomic mass is 9.99. The molecule has 1 aliphatic heterocycles. The number of hydrogen-bond donors (Lipinski definition) is 1. The summed E-state index contributed by atoms with van der Waals surface area (Å²) >= 11 is 0. The van der Waals surface area contributed by atoms with Gasteiger partial charge in [0, 0.05) is 18.8 Å². The fraction of sp³-hybridized carbons (Fsp3) is 0.333. The van der Waals surface area contributed by atoms with Crippen LogP contribution in [-0.2, 0) is 22.5 Å². The Bertz CT molecular complexity index is 910. The number of esters is 1. The zero-order valence-corrected chi connectivity index (χ0v) is 16.3. The van der Waals surface area contributed by atoms with E-state index in [2.05, 4.69) is 0 Å². The van der Waals surface area contributed by atoms with Crippen molar-refractivity contribution >= 4 is 17.6 Å². The highest BCUT2D eigenvalue weighted by Crippen LogP contribution is 2.33. The van der Waals surface area contributed by atoms with Crippen LogP contribution < -0.4 is 15.2 Å². The molecule has 0 saturated heterocycles. The van der Waals surface area contributed by atoms with E-state index >= 15 is 0 Å². The van der Waals surface area contributed by atoms with Gasteiger partial charge in [-0.15, -0.1) is 0 Å². The minimum absolute atomic E-state index is 0.242. The molecule has 0 radical (unpaired) electrons. The van der Waals surface area contributed by atoms with Crippen molar-refractivity contribution < 1.29 is 23.8 Å². The fourth-order valence-corrected chi connectivity index (χ4v) is 3.17. The van der Waals surface area contributed by atoms with Gasteiger partial charge in [-0.25, -0.2) is 4.79 Å². The maximum Gasteiger partial charge on any atom is 0.338 e. The molecule has 0 aromatic heterocycles. The lowest BCUT2D eigenvalue weighted by Crippen LogP contribution is -2.38. The van der Waals surface area contributed by atoms with Crippen LogP contribution in [0.1, 0.15) is 27.0 Å². The molecule has 7 heteroatoms. The number of anilines is 1. The van der Waals surface area contributed by atoms with E-state index in [9.17, 15) is 9.59 Å². The molecule has 7 nitrogen and oxygen atoms in total. The van der Waals surface area contributed by atoms with Crippen LogP contribution >= 0.6 is 0 Å². The number of amides is 1. The van der Waals surface area contributed by atoms with Gasteiger partial charge in [-0.05, 0) is 54.3 Å². The smallest absolute Gasteiger partial charge is 0.338 e. The summed E-state index contributed by atoms with van der Waals surface area (Å²) in [5.41, 5.74) is 9.66. The van der Waals surface area contributed by atoms with Gasteiger partial charge in [-0.1, -0.05) is 6.07 Å². The molecule has 2 aromatic rings. The predicted octanol–water partition coefficient (Wildman–Crippen LogP) is 2.34. The number of carbonyl (C=O) groups is 2. The Morgan fingerprint density at radius 3 is 2.39 bits per heavy atom. The van der Waals surface area contributed by atoms with Crippen LogP contribution in [0, 0.1) is 6.92 Å². The third-order valence-electron chi connectivity index (χ3n) is 4.91. The van der Waals surface area contributed by atoms with Crippen molar-refractivity contribution in [3.05, 3.63) is 52.6 Å². The van der Waals surface area contributed by atoms with Gasteiger partial charge in [-0.2, -0.15) is 0 Å². The highest BCUT2D eigenvalue weighted by Gasteiger charge is 2.24.